The molecule has 0 aliphatic carbocycles. The molecule has 0 nitrogen and oxygen atoms in total. The van der Waals surface area contributed by atoms with Gasteiger partial charge in [-0.2, -0.15) is 0 Å². The topological polar surface area (TPSA) is 0 Å². The second kappa shape index (κ2) is 19.7. The zero-order valence-electron chi connectivity index (χ0n) is 35.2. The Hall–Kier alpha value is -5.51. The summed E-state index contributed by atoms with van der Waals surface area (Å²) in [4.78, 5) is 0. The zero-order chi connectivity index (χ0) is 41.3. The Kier molecular flexibility index (Phi) is 13.5. The highest BCUT2D eigenvalue weighted by molar-refractivity contribution is 7.56. The van der Waals surface area contributed by atoms with E-state index in [1.807, 2.05) is 0 Å². The van der Waals surface area contributed by atoms with E-state index in [4.69, 9.17) is 0 Å². The molecule has 8 aromatic rings. The van der Waals surface area contributed by atoms with Gasteiger partial charge in [-0.05, 0) is 95.3 Å². The van der Waals surface area contributed by atoms with Gasteiger partial charge >= 0.3 is 0 Å². The van der Waals surface area contributed by atoms with Gasteiger partial charge in [-0.15, -0.1) is 15.8 Å². The number of hydrogen-bond acceptors (Lipinski definition) is 0. The standard InChI is InChI=1S/C56H52B2P2/c1-59(2)41-53(55(43-23-11-5-12-24-43)57(49-27-15-7-16-28-49)50-29-17-8-18-30-50)47-37-35-46-40-48(38-36-45(46)39-47)54(42-60(3)4)56(44-25-13-6-14-26-44)58(51-31-19-9-20-32-51)52-33-21-10-22-34-52/h5-40H,41-42H2,1-4H3/b55-53+,56-54+. The minimum atomic E-state index is -0.251. The average molecular weight is 809 g/mol. The molecule has 0 saturated heterocycles. The van der Waals surface area contributed by atoms with Gasteiger partial charge < -0.3 is 0 Å². The highest BCUT2D eigenvalue weighted by Crippen LogP contribution is 2.41. The van der Waals surface area contributed by atoms with Crippen molar-refractivity contribution < 1.29 is 0 Å². The van der Waals surface area contributed by atoms with Crippen molar-refractivity contribution in [1.29, 1.82) is 0 Å². The van der Waals surface area contributed by atoms with Crippen LogP contribution in [0.25, 0.3) is 32.9 Å². The summed E-state index contributed by atoms with van der Waals surface area (Å²) in [6.45, 7) is 9.83. The van der Waals surface area contributed by atoms with Crippen molar-refractivity contribution in [2.45, 2.75) is 0 Å². The van der Waals surface area contributed by atoms with Crippen LogP contribution in [0.1, 0.15) is 22.3 Å². The maximum atomic E-state index is 2.47. The predicted molar refractivity (Wildman–Crippen MR) is 274 cm³/mol. The minimum absolute atomic E-state index is 0.0853. The molecule has 0 aliphatic rings. The van der Waals surface area contributed by atoms with Gasteiger partial charge in [0.25, 0.3) is 0 Å². The van der Waals surface area contributed by atoms with Gasteiger partial charge in [-0.3, -0.25) is 0 Å². The molecule has 0 unspecified atom stereocenters. The van der Waals surface area contributed by atoms with Crippen LogP contribution < -0.4 is 21.9 Å². The third-order valence-electron chi connectivity index (χ3n) is 11.4. The van der Waals surface area contributed by atoms with Crippen LogP contribution in [-0.4, -0.2) is 52.4 Å². The average Bonchev–Trinajstić information content (AvgIpc) is 3.30. The maximum absolute atomic E-state index is 2.47. The predicted octanol–water partition coefficient (Wildman–Crippen LogP) is 11.8. The monoisotopic (exact) mass is 808 g/mol. The molecule has 60 heavy (non-hydrogen) atoms. The molecule has 8 rings (SSSR count). The van der Waals surface area contributed by atoms with Crippen molar-refractivity contribution in [2.24, 2.45) is 0 Å². The largest absolute Gasteiger partial charge is 0.242 e. The van der Waals surface area contributed by atoms with Crippen molar-refractivity contribution in [3.05, 3.63) is 241 Å². The lowest BCUT2D eigenvalue weighted by Gasteiger charge is -2.26. The fourth-order valence-corrected chi connectivity index (χ4v) is 10.8. The lowest BCUT2D eigenvalue weighted by Crippen LogP contribution is -2.44. The second-order valence-corrected chi connectivity index (χ2v) is 21.2. The summed E-state index contributed by atoms with van der Waals surface area (Å²) in [6, 6.07) is 81.1. The van der Waals surface area contributed by atoms with E-state index in [0.29, 0.717) is 0 Å². The first kappa shape index (κ1) is 41.2. The Morgan fingerprint density at radius 1 is 0.317 bits per heavy atom. The van der Waals surface area contributed by atoms with E-state index in [2.05, 4.69) is 245 Å². The Bertz CT molecular complexity index is 2410. The summed E-state index contributed by atoms with van der Waals surface area (Å²) in [6.07, 6.45) is 2.06. The quantitative estimate of drug-likeness (QED) is 0.0583. The molecule has 0 fully saturated rings. The van der Waals surface area contributed by atoms with Crippen LogP contribution in [0, 0.1) is 0 Å². The third-order valence-corrected chi connectivity index (χ3v) is 13.3. The normalized spacial score (nSPS) is 12.3. The van der Waals surface area contributed by atoms with Crippen LogP contribution in [0.15, 0.2) is 218 Å². The second-order valence-electron chi connectivity index (χ2n) is 16.3. The van der Waals surface area contributed by atoms with Gasteiger partial charge in [-0.25, -0.2) is 0 Å². The van der Waals surface area contributed by atoms with Gasteiger partial charge in [0, 0.05) is 0 Å². The molecule has 0 bridgehead atoms. The number of benzene rings is 8. The Balaban J connectivity index is 1.34. The van der Waals surface area contributed by atoms with Crippen molar-refractivity contribution in [3.63, 3.8) is 0 Å². The lowest BCUT2D eigenvalue weighted by molar-refractivity contribution is 1.56. The number of allylic oxidation sites excluding steroid dienone is 2. The van der Waals surface area contributed by atoms with Crippen LogP contribution in [-0.2, 0) is 0 Å². The van der Waals surface area contributed by atoms with Crippen LogP contribution >= 0.6 is 15.8 Å². The summed E-state index contributed by atoms with van der Waals surface area (Å²) in [7, 11) is -0.502. The summed E-state index contributed by atoms with van der Waals surface area (Å²) in [5, 5.41) is 2.54. The Labute approximate surface area is 361 Å². The highest BCUT2D eigenvalue weighted by atomic mass is 31.1. The Morgan fingerprint density at radius 2 is 0.583 bits per heavy atom. The van der Waals surface area contributed by atoms with Crippen LogP contribution in [0.2, 0.25) is 0 Å². The molecule has 292 valence electrons. The molecule has 4 heteroatoms. The van der Waals surface area contributed by atoms with E-state index < -0.39 is 0 Å². The molecule has 0 aliphatic heterocycles. The maximum Gasteiger partial charge on any atom is 0.242 e. The molecular formula is C56H52B2P2. The molecule has 0 saturated carbocycles. The molecule has 0 N–H and O–H groups in total. The summed E-state index contributed by atoms with van der Waals surface area (Å²) >= 11 is 0. The summed E-state index contributed by atoms with van der Waals surface area (Å²) in [5.41, 5.74) is 16.1. The molecule has 0 atom stereocenters. The summed E-state index contributed by atoms with van der Waals surface area (Å²) < 4.78 is 0. The lowest BCUT2D eigenvalue weighted by atomic mass is 9.34. The first-order valence-electron chi connectivity index (χ1n) is 21.1. The van der Waals surface area contributed by atoms with Gasteiger partial charge in [-0.1, -0.05) is 239 Å². The van der Waals surface area contributed by atoms with E-state index in [9.17, 15) is 0 Å². The van der Waals surface area contributed by atoms with E-state index in [0.717, 1.165) is 12.3 Å². The van der Waals surface area contributed by atoms with E-state index in [-0.39, 0.29) is 29.3 Å². The van der Waals surface area contributed by atoms with Gasteiger partial charge in [0.1, 0.15) is 0 Å². The molecule has 0 radical (unpaired) electrons. The smallest absolute Gasteiger partial charge is 0.109 e. The number of hydrogen-bond donors (Lipinski definition) is 0. The first-order chi connectivity index (χ1) is 29.4. The zero-order valence-corrected chi connectivity index (χ0v) is 37.0. The molecule has 0 aromatic heterocycles. The van der Waals surface area contributed by atoms with Crippen LogP contribution in [0.3, 0.4) is 0 Å². The molecule has 0 spiro atoms. The van der Waals surface area contributed by atoms with Crippen LogP contribution in [0.5, 0.6) is 0 Å². The van der Waals surface area contributed by atoms with Crippen LogP contribution in [0.4, 0.5) is 0 Å². The molecular weight excluding hydrogens is 756 g/mol. The minimum Gasteiger partial charge on any atom is -0.109 e. The SMILES string of the molecule is CP(C)C/C(=C(\B(c1ccccc1)c1ccccc1)c1ccccc1)c1ccc2cc(/C(CP(C)C)=C(/B(c3ccccc3)c3ccccc3)c3ccccc3)ccc2c1. The van der Waals surface area contributed by atoms with Gasteiger partial charge in [0.15, 0.2) is 0 Å². The number of fused-ring (bicyclic) bond motifs is 1. The fraction of sp³-hybridized carbons (Fsp3) is 0.107. The summed E-state index contributed by atoms with van der Waals surface area (Å²) in [5.74, 6) is 0. The Morgan fingerprint density at radius 3 is 0.850 bits per heavy atom. The van der Waals surface area contributed by atoms with Crippen molar-refractivity contribution in [3.8, 4) is 0 Å². The van der Waals surface area contributed by atoms with Crippen molar-refractivity contribution in [1.82, 2.24) is 0 Å². The fourth-order valence-electron chi connectivity index (χ4n) is 8.82. The molecule has 0 heterocycles. The van der Waals surface area contributed by atoms with E-state index >= 15 is 0 Å². The van der Waals surface area contributed by atoms with Gasteiger partial charge in [0.2, 0.25) is 13.4 Å². The van der Waals surface area contributed by atoms with E-state index in [1.54, 1.807) is 0 Å². The van der Waals surface area contributed by atoms with Crippen molar-refractivity contribution >= 4 is 84.0 Å². The molecule has 8 aromatic carbocycles. The van der Waals surface area contributed by atoms with Gasteiger partial charge in [0.05, 0.1) is 0 Å². The van der Waals surface area contributed by atoms with E-state index in [1.165, 1.54) is 77.0 Å². The highest BCUT2D eigenvalue weighted by Gasteiger charge is 2.30. The molecule has 0 amide bonds. The number of rotatable bonds is 14. The van der Waals surface area contributed by atoms with Crippen molar-refractivity contribution in [2.75, 3.05) is 39.0 Å². The third kappa shape index (κ3) is 9.59. The first-order valence-corrected chi connectivity index (χ1v) is 25.9.